The number of alkyl halides is 7. The summed E-state index contributed by atoms with van der Waals surface area (Å²) in [6, 6.07) is 0. The topological polar surface area (TPSA) is 80.9 Å². The van der Waals surface area contributed by atoms with Gasteiger partial charge in [0.15, 0.2) is 0 Å². The summed E-state index contributed by atoms with van der Waals surface area (Å²) >= 11 is 0. The molecule has 0 saturated carbocycles. The van der Waals surface area contributed by atoms with E-state index in [9.17, 15) is 30.7 Å². The highest BCUT2D eigenvalue weighted by molar-refractivity contribution is 5.05. The first-order valence-corrected chi connectivity index (χ1v) is 5.78. The molecule has 0 bridgehead atoms. The van der Waals surface area contributed by atoms with Gasteiger partial charge in [-0.15, -0.1) is 0 Å². The average Bonchev–Trinajstić information content (AvgIpc) is 2.26. The number of hydrogen-bond acceptors (Lipinski definition) is 4. The van der Waals surface area contributed by atoms with Crippen LogP contribution in [0.1, 0.15) is 32.6 Å². The summed E-state index contributed by atoms with van der Waals surface area (Å²) in [5, 5.41) is 32.8. The van der Waals surface area contributed by atoms with E-state index in [4.69, 9.17) is 20.4 Å². The van der Waals surface area contributed by atoms with Crippen LogP contribution < -0.4 is 0 Å². The van der Waals surface area contributed by atoms with E-state index in [0.717, 1.165) is 0 Å². The lowest BCUT2D eigenvalue weighted by Gasteiger charge is -2.40. The number of hydrogen-bond donors (Lipinski definition) is 4. The van der Waals surface area contributed by atoms with Gasteiger partial charge >= 0.3 is 29.6 Å². The van der Waals surface area contributed by atoms with Crippen molar-refractivity contribution in [3.63, 3.8) is 0 Å². The zero-order chi connectivity index (χ0) is 17.3. The van der Waals surface area contributed by atoms with E-state index < -0.39 is 42.4 Å². The van der Waals surface area contributed by atoms with Gasteiger partial charge in [0.1, 0.15) is 0 Å². The monoisotopic (exact) mass is 332 g/mol. The van der Waals surface area contributed by atoms with Gasteiger partial charge in [0, 0.05) is 6.42 Å². The molecule has 0 radical (unpaired) electrons. The Morgan fingerprint density at radius 3 is 1.48 bits per heavy atom. The van der Waals surface area contributed by atoms with Gasteiger partial charge in [-0.25, -0.2) is 0 Å². The Morgan fingerprint density at radius 1 is 0.714 bits per heavy atom. The van der Waals surface area contributed by atoms with E-state index >= 15 is 0 Å². The van der Waals surface area contributed by atoms with E-state index in [-0.39, 0.29) is 6.42 Å². The maximum Gasteiger partial charge on any atom is 0.381 e. The lowest BCUT2D eigenvalue weighted by atomic mass is 9.93. The molecule has 128 valence electrons. The Labute approximate surface area is 114 Å². The van der Waals surface area contributed by atoms with E-state index in [2.05, 4.69) is 0 Å². The second kappa shape index (κ2) is 5.86. The highest BCUT2D eigenvalue weighted by atomic mass is 19.3. The van der Waals surface area contributed by atoms with Crippen molar-refractivity contribution in [2.24, 2.45) is 0 Å². The molecular formula is C10H15F7O4. The zero-order valence-electron chi connectivity index (χ0n) is 10.8. The lowest BCUT2D eigenvalue weighted by molar-refractivity contribution is -0.496. The third-order valence-corrected chi connectivity index (χ3v) is 2.81. The van der Waals surface area contributed by atoms with Crippen LogP contribution >= 0.6 is 0 Å². The van der Waals surface area contributed by atoms with Crippen molar-refractivity contribution in [2.75, 3.05) is 0 Å². The Morgan fingerprint density at radius 2 is 1.14 bits per heavy atom. The summed E-state index contributed by atoms with van der Waals surface area (Å²) in [7, 11) is 0. The minimum atomic E-state index is -6.69. The van der Waals surface area contributed by atoms with Gasteiger partial charge in [0.2, 0.25) is 0 Å². The summed E-state index contributed by atoms with van der Waals surface area (Å²) in [6.07, 6.45) is -2.05. The van der Waals surface area contributed by atoms with Crippen LogP contribution in [0.25, 0.3) is 0 Å². The van der Waals surface area contributed by atoms with Crippen molar-refractivity contribution in [3.8, 4) is 0 Å². The number of halogens is 7. The fraction of sp³-hybridized carbons (Fsp3) is 1.00. The van der Waals surface area contributed by atoms with Crippen molar-refractivity contribution in [1.82, 2.24) is 0 Å². The molecular weight excluding hydrogens is 317 g/mol. The Kier molecular flexibility index (Phi) is 5.68. The summed E-state index contributed by atoms with van der Waals surface area (Å²) in [4.78, 5) is 0. The standard InChI is InChI=1S/C10H15F7O4/c1-2-3-4-5-6(11,12)7(13,14)8(15,16)9(17,18)10(19,20)21/h18-21H,2-5H2,1H3. The molecule has 0 aliphatic rings. The first kappa shape index (κ1) is 20.3. The maximum absolute atomic E-state index is 13.2. The van der Waals surface area contributed by atoms with Gasteiger partial charge in [0.25, 0.3) is 0 Å². The number of unbranched alkanes of at least 4 members (excludes halogenated alkanes) is 2. The normalized spacial score (nSPS) is 17.7. The van der Waals surface area contributed by atoms with Crippen LogP contribution in [0.5, 0.6) is 0 Å². The van der Waals surface area contributed by atoms with Gasteiger partial charge in [-0.2, -0.15) is 30.7 Å². The van der Waals surface area contributed by atoms with Crippen molar-refractivity contribution < 1.29 is 51.2 Å². The van der Waals surface area contributed by atoms with Gasteiger partial charge < -0.3 is 20.4 Å². The minimum absolute atomic E-state index is 0.00106. The molecule has 0 spiro atoms. The Balaban J connectivity index is 5.55. The molecule has 0 aliphatic heterocycles. The van der Waals surface area contributed by atoms with Crippen molar-refractivity contribution >= 4 is 0 Å². The minimum Gasteiger partial charge on any atom is -0.351 e. The second-order valence-electron chi connectivity index (χ2n) is 4.57. The van der Waals surface area contributed by atoms with E-state index in [1.165, 1.54) is 6.92 Å². The molecule has 0 saturated heterocycles. The summed E-state index contributed by atoms with van der Waals surface area (Å²) < 4.78 is 92.1. The third-order valence-electron chi connectivity index (χ3n) is 2.81. The first-order chi connectivity index (χ1) is 9.06. The molecule has 1 unspecified atom stereocenters. The van der Waals surface area contributed by atoms with Crippen LogP contribution in [-0.4, -0.2) is 50.0 Å². The summed E-state index contributed by atoms with van der Waals surface area (Å²) in [6.45, 7) is 1.52. The molecule has 4 nitrogen and oxygen atoms in total. The van der Waals surface area contributed by atoms with Crippen molar-refractivity contribution in [3.05, 3.63) is 0 Å². The summed E-state index contributed by atoms with van der Waals surface area (Å²) in [5.74, 6) is -30.1. The predicted octanol–water partition coefficient (Wildman–Crippen LogP) is 1.76. The van der Waals surface area contributed by atoms with Crippen LogP contribution in [0.3, 0.4) is 0 Å². The van der Waals surface area contributed by atoms with Gasteiger partial charge in [-0.05, 0) is 6.42 Å². The molecule has 0 heterocycles. The SMILES string of the molecule is CCCCCC(F)(F)C(F)(F)C(F)(F)C(O)(F)C(O)(O)O. The molecule has 0 fully saturated rings. The smallest absolute Gasteiger partial charge is 0.351 e. The predicted molar refractivity (Wildman–Crippen MR) is 54.4 cm³/mol. The molecule has 21 heavy (non-hydrogen) atoms. The highest BCUT2D eigenvalue weighted by Crippen LogP contribution is 2.54. The fourth-order valence-corrected chi connectivity index (χ4v) is 1.40. The van der Waals surface area contributed by atoms with E-state index in [0.29, 0.717) is 6.42 Å². The molecule has 0 aromatic rings. The molecule has 4 N–H and O–H groups in total. The maximum atomic E-state index is 13.2. The quantitative estimate of drug-likeness (QED) is 0.310. The summed E-state index contributed by atoms with van der Waals surface area (Å²) in [5.41, 5.74) is 0. The molecule has 11 heteroatoms. The molecule has 0 rings (SSSR count). The molecule has 1 atom stereocenters. The first-order valence-electron chi connectivity index (χ1n) is 5.78. The van der Waals surface area contributed by atoms with Gasteiger partial charge in [-0.3, -0.25) is 0 Å². The molecule has 0 aromatic carbocycles. The Bertz CT molecular complexity index is 352. The van der Waals surface area contributed by atoms with Crippen molar-refractivity contribution in [1.29, 1.82) is 0 Å². The second-order valence-corrected chi connectivity index (χ2v) is 4.57. The Hall–Kier alpha value is -0.650. The van der Waals surface area contributed by atoms with E-state index in [1.807, 2.05) is 0 Å². The molecule has 0 aliphatic carbocycles. The molecule has 0 amide bonds. The average molecular weight is 332 g/mol. The van der Waals surface area contributed by atoms with Crippen molar-refractivity contribution in [2.45, 2.75) is 62.2 Å². The molecule has 0 aromatic heterocycles. The number of rotatable bonds is 8. The lowest BCUT2D eigenvalue weighted by Crippen LogP contribution is -2.71. The van der Waals surface area contributed by atoms with Crippen LogP contribution in [0.2, 0.25) is 0 Å². The van der Waals surface area contributed by atoms with Crippen LogP contribution in [0, 0.1) is 0 Å². The highest BCUT2D eigenvalue weighted by Gasteiger charge is 2.83. The largest absolute Gasteiger partial charge is 0.381 e. The van der Waals surface area contributed by atoms with Crippen LogP contribution in [0.15, 0.2) is 0 Å². The number of aliphatic hydroxyl groups is 4. The van der Waals surface area contributed by atoms with E-state index in [1.54, 1.807) is 0 Å². The fourth-order valence-electron chi connectivity index (χ4n) is 1.40. The zero-order valence-corrected chi connectivity index (χ0v) is 10.8. The van der Waals surface area contributed by atoms with Gasteiger partial charge in [0.05, 0.1) is 0 Å². The van der Waals surface area contributed by atoms with Gasteiger partial charge in [-0.1, -0.05) is 19.8 Å². The third kappa shape index (κ3) is 3.41. The van der Waals surface area contributed by atoms with Crippen LogP contribution in [0.4, 0.5) is 30.7 Å². The van der Waals surface area contributed by atoms with Crippen LogP contribution in [-0.2, 0) is 0 Å².